The van der Waals surface area contributed by atoms with Gasteiger partial charge in [-0.3, -0.25) is 4.79 Å². The number of nitrogens with zero attached hydrogens (tertiary/aromatic N) is 2. The molecular weight excluding hydrogens is 422 g/mol. The van der Waals surface area contributed by atoms with Gasteiger partial charge >= 0.3 is 0 Å². The number of amides is 1. The van der Waals surface area contributed by atoms with Gasteiger partial charge in [0.05, 0.1) is 26.5 Å². The fourth-order valence-corrected chi connectivity index (χ4v) is 5.19. The van der Waals surface area contributed by atoms with Gasteiger partial charge in [0.2, 0.25) is 5.91 Å². The van der Waals surface area contributed by atoms with E-state index in [-0.39, 0.29) is 5.91 Å². The maximum Gasteiger partial charge on any atom is 0.234 e. The second kappa shape index (κ2) is 8.49. The van der Waals surface area contributed by atoms with Crippen molar-refractivity contribution in [2.45, 2.75) is 11.9 Å². The van der Waals surface area contributed by atoms with Gasteiger partial charge in [0, 0.05) is 16.6 Å². The molecule has 3 aromatic carbocycles. The highest BCUT2D eigenvalue weighted by Crippen LogP contribution is 2.31. The highest BCUT2D eigenvalue weighted by molar-refractivity contribution is 7.99. The predicted octanol–water partition coefficient (Wildman–Crippen LogP) is 6.55. The summed E-state index contributed by atoms with van der Waals surface area (Å²) in [6.07, 6.45) is 0. The SMILES string of the molecule is Cc1cc(SCC(=O)Nc2cccc(-c3nc4ccccc4s3)c2)nc2ccccc12. The quantitative estimate of drug-likeness (QED) is 0.314. The number of hydrogen-bond donors (Lipinski definition) is 1. The number of benzene rings is 3. The van der Waals surface area contributed by atoms with Crippen LogP contribution in [0.3, 0.4) is 0 Å². The molecule has 1 N–H and O–H groups in total. The van der Waals surface area contributed by atoms with Crippen LogP contribution in [0.15, 0.2) is 83.9 Å². The van der Waals surface area contributed by atoms with Crippen LogP contribution >= 0.6 is 23.1 Å². The Hall–Kier alpha value is -3.22. The highest BCUT2D eigenvalue weighted by Gasteiger charge is 2.10. The van der Waals surface area contributed by atoms with Crippen LogP contribution in [0, 0.1) is 6.92 Å². The van der Waals surface area contributed by atoms with E-state index in [2.05, 4.69) is 29.4 Å². The molecular formula is C25H19N3OS2. The molecule has 1 amide bonds. The van der Waals surface area contributed by atoms with E-state index in [0.717, 1.165) is 48.0 Å². The molecule has 0 atom stereocenters. The van der Waals surface area contributed by atoms with Crippen LogP contribution in [0.4, 0.5) is 5.69 Å². The monoisotopic (exact) mass is 441 g/mol. The molecule has 31 heavy (non-hydrogen) atoms. The molecule has 2 heterocycles. The van der Waals surface area contributed by atoms with E-state index in [1.807, 2.05) is 66.7 Å². The standard InChI is InChI=1S/C25H19N3OS2/c1-16-13-24(27-20-10-3-2-9-19(16)20)30-15-23(29)26-18-8-6-7-17(14-18)25-28-21-11-4-5-12-22(21)31-25/h2-14H,15H2,1H3,(H,26,29). The zero-order valence-electron chi connectivity index (χ0n) is 16.8. The lowest BCUT2D eigenvalue weighted by atomic mass is 10.1. The van der Waals surface area contributed by atoms with Crippen molar-refractivity contribution < 1.29 is 4.79 Å². The van der Waals surface area contributed by atoms with Gasteiger partial charge in [-0.1, -0.05) is 54.2 Å². The summed E-state index contributed by atoms with van der Waals surface area (Å²) in [6, 6.07) is 26.0. The summed E-state index contributed by atoms with van der Waals surface area (Å²) < 4.78 is 1.15. The Morgan fingerprint density at radius 1 is 0.935 bits per heavy atom. The van der Waals surface area contributed by atoms with Gasteiger partial charge < -0.3 is 5.32 Å². The van der Waals surface area contributed by atoms with Gasteiger partial charge in [0.1, 0.15) is 5.01 Å². The summed E-state index contributed by atoms with van der Waals surface area (Å²) in [4.78, 5) is 21.9. The van der Waals surface area contributed by atoms with Crippen molar-refractivity contribution in [1.82, 2.24) is 9.97 Å². The third-order valence-electron chi connectivity index (χ3n) is 4.94. The molecule has 0 unspecified atom stereocenters. The first-order chi connectivity index (χ1) is 15.2. The number of rotatable bonds is 5. The molecule has 0 radical (unpaired) electrons. The van der Waals surface area contributed by atoms with Crippen molar-refractivity contribution in [2.75, 3.05) is 11.1 Å². The van der Waals surface area contributed by atoms with Gasteiger partial charge in [0.15, 0.2) is 0 Å². The minimum Gasteiger partial charge on any atom is -0.325 e. The minimum atomic E-state index is -0.0564. The molecule has 5 aromatic rings. The van der Waals surface area contributed by atoms with Crippen LogP contribution in [-0.4, -0.2) is 21.6 Å². The summed E-state index contributed by atoms with van der Waals surface area (Å²) in [5, 5.41) is 5.94. The number of carbonyl (C=O) groups is 1. The first-order valence-corrected chi connectivity index (χ1v) is 11.7. The van der Waals surface area contributed by atoms with Crippen molar-refractivity contribution in [2.24, 2.45) is 0 Å². The van der Waals surface area contributed by atoms with E-state index < -0.39 is 0 Å². The summed E-state index contributed by atoms with van der Waals surface area (Å²) in [5.41, 5.74) is 4.88. The molecule has 5 rings (SSSR count). The van der Waals surface area contributed by atoms with Crippen LogP contribution in [0.2, 0.25) is 0 Å². The molecule has 0 aliphatic carbocycles. The zero-order chi connectivity index (χ0) is 21.2. The van der Waals surface area contributed by atoms with Gasteiger partial charge in [0.25, 0.3) is 0 Å². The minimum absolute atomic E-state index is 0.0564. The summed E-state index contributed by atoms with van der Waals surface area (Å²) in [6.45, 7) is 2.07. The van der Waals surface area contributed by atoms with Crippen molar-refractivity contribution in [3.05, 3.63) is 84.4 Å². The summed E-state index contributed by atoms with van der Waals surface area (Å²) in [7, 11) is 0. The number of aromatic nitrogens is 2. The Morgan fingerprint density at radius 3 is 2.61 bits per heavy atom. The molecule has 6 heteroatoms. The van der Waals surface area contributed by atoms with E-state index >= 15 is 0 Å². The second-order valence-electron chi connectivity index (χ2n) is 7.20. The smallest absolute Gasteiger partial charge is 0.234 e. The molecule has 2 aromatic heterocycles. The molecule has 152 valence electrons. The lowest BCUT2D eigenvalue weighted by Crippen LogP contribution is -2.14. The molecule has 0 aliphatic heterocycles. The molecule has 0 saturated carbocycles. The average molecular weight is 442 g/mol. The van der Waals surface area contributed by atoms with Crippen LogP contribution < -0.4 is 5.32 Å². The van der Waals surface area contributed by atoms with Gasteiger partial charge in [-0.15, -0.1) is 11.3 Å². The number of aryl methyl sites for hydroxylation is 1. The Morgan fingerprint density at radius 2 is 1.74 bits per heavy atom. The number of thiazole rings is 1. The normalized spacial score (nSPS) is 11.1. The number of anilines is 1. The Balaban J connectivity index is 1.28. The number of thioether (sulfide) groups is 1. The van der Waals surface area contributed by atoms with Crippen LogP contribution in [-0.2, 0) is 4.79 Å². The zero-order valence-corrected chi connectivity index (χ0v) is 18.5. The third kappa shape index (κ3) is 4.31. The number of carbonyl (C=O) groups excluding carboxylic acids is 1. The molecule has 0 fully saturated rings. The van der Waals surface area contributed by atoms with Gasteiger partial charge in [-0.2, -0.15) is 0 Å². The number of para-hydroxylation sites is 2. The van der Waals surface area contributed by atoms with Crippen molar-refractivity contribution >= 4 is 55.8 Å². The first kappa shape index (κ1) is 19.7. The van der Waals surface area contributed by atoms with E-state index in [0.29, 0.717) is 5.75 Å². The fraction of sp³-hybridized carbons (Fsp3) is 0.0800. The predicted molar refractivity (Wildman–Crippen MR) is 131 cm³/mol. The molecule has 0 spiro atoms. The van der Waals surface area contributed by atoms with Gasteiger partial charge in [-0.05, 0) is 48.9 Å². The third-order valence-corrected chi connectivity index (χ3v) is 6.93. The Kier molecular flexibility index (Phi) is 5.40. The number of pyridine rings is 1. The maximum atomic E-state index is 12.6. The first-order valence-electron chi connectivity index (χ1n) is 9.91. The van der Waals surface area contributed by atoms with Crippen LogP contribution in [0.25, 0.3) is 31.7 Å². The molecule has 0 saturated heterocycles. The van der Waals surface area contributed by atoms with Crippen molar-refractivity contribution in [3.63, 3.8) is 0 Å². The molecule has 0 bridgehead atoms. The average Bonchev–Trinajstić information content (AvgIpc) is 3.22. The van der Waals surface area contributed by atoms with Crippen molar-refractivity contribution in [1.29, 1.82) is 0 Å². The lowest BCUT2D eigenvalue weighted by molar-refractivity contribution is -0.113. The molecule has 4 nitrogen and oxygen atoms in total. The van der Waals surface area contributed by atoms with E-state index in [9.17, 15) is 4.79 Å². The van der Waals surface area contributed by atoms with E-state index in [1.165, 1.54) is 11.8 Å². The second-order valence-corrected chi connectivity index (χ2v) is 9.23. The topological polar surface area (TPSA) is 54.9 Å². The highest BCUT2D eigenvalue weighted by atomic mass is 32.2. The van der Waals surface area contributed by atoms with Crippen LogP contribution in [0.1, 0.15) is 5.56 Å². The Bertz CT molecular complexity index is 1380. The maximum absolute atomic E-state index is 12.6. The largest absolute Gasteiger partial charge is 0.325 e. The fourth-order valence-electron chi connectivity index (χ4n) is 3.45. The van der Waals surface area contributed by atoms with Crippen molar-refractivity contribution in [3.8, 4) is 10.6 Å². The van der Waals surface area contributed by atoms with E-state index in [4.69, 9.17) is 4.98 Å². The lowest BCUT2D eigenvalue weighted by Gasteiger charge is -2.08. The van der Waals surface area contributed by atoms with Crippen LogP contribution in [0.5, 0.6) is 0 Å². The number of hydrogen-bond acceptors (Lipinski definition) is 5. The Labute approximate surface area is 188 Å². The van der Waals surface area contributed by atoms with E-state index in [1.54, 1.807) is 11.3 Å². The summed E-state index contributed by atoms with van der Waals surface area (Å²) in [5.74, 6) is 0.245. The van der Waals surface area contributed by atoms with Gasteiger partial charge in [-0.25, -0.2) is 9.97 Å². The summed E-state index contributed by atoms with van der Waals surface area (Å²) >= 11 is 3.10. The number of fused-ring (bicyclic) bond motifs is 2. The number of nitrogens with one attached hydrogen (secondary N) is 1. The molecule has 0 aliphatic rings.